The van der Waals surface area contributed by atoms with E-state index >= 15 is 0 Å². The summed E-state index contributed by atoms with van der Waals surface area (Å²) < 4.78 is 25.9. The van der Waals surface area contributed by atoms with E-state index in [2.05, 4.69) is 6.92 Å². The normalized spacial score (nSPS) is 23.4. The number of hydrogen-bond acceptors (Lipinski definition) is 4. The van der Waals surface area contributed by atoms with Crippen molar-refractivity contribution in [3.8, 4) is 5.75 Å². The van der Waals surface area contributed by atoms with Crippen LogP contribution >= 0.6 is 0 Å². The monoisotopic (exact) mass is 419 g/mol. The van der Waals surface area contributed by atoms with Crippen LogP contribution in [0, 0.1) is 11.7 Å². The highest BCUT2D eigenvalue weighted by atomic mass is 19.1. The summed E-state index contributed by atoms with van der Waals surface area (Å²) in [7, 11) is 0. The number of benzene rings is 1. The van der Waals surface area contributed by atoms with E-state index in [0.717, 1.165) is 43.2 Å². The van der Waals surface area contributed by atoms with E-state index in [1.165, 1.54) is 38.2 Å². The highest BCUT2D eigenvalue weighted by molar-refractivity contribution is 5.72. The van der Waals surface area contributed by atoms with Gasteiger partial charge in [-0.25, -0.2) is 4.39 Å². The third-order valence-corrected chi connectivity index (χ3v) is 6.74. The zero-order valence-corrected chi connectivity index (χ0v) is 18.5. The molecule has 1 fully saturated rings. The van der Waals surface area contributed by atoms with Gasteiger partial charge in [-0.15, -0.1) is 0 Å². The lowest BCUT2D eigenvalue weighted by Crippen LogP contribution is -2.42. The molecule has 0 radical (unpaired) electrons. The average Bonchev–Trinajstić information content (AvgIpc) is 2.71. The number of carbonyl (C=O) groups is 1. The average molecular weight is 420 g/mol. The zero-order chi connectivity index (χ0) is 21.3. The van der Waals surface area contributed by atoms with Gasteiger partial charge in [0.2, 0.25) is 0 Å². The summed E-state index contributed by atoms with van der Waals surface area (Å²) in [5.74, 6) is 0.161. The molecule has 168 valence electrons. The van der Waals surface area contributed by atoms with Gasteiger partial charge in [0, 0.05) is 18.7 Å². The van der Waals surface area contributed by atoms with Crippen molar-refractivity contribution in [1.82, 2.24) is 0 Å². The Hall–Kier alpha value is -1.46. The predicted molar refractivity (Wildman–Crippen MR) is 117 cm³/mol. The van der Waals surface area contributed by atoms with Crippen LogP contribution in [0.1, 0.15) is 94.6 Å². The van der Waals surface area contributed by atoms with Gasteiger partial charge in [0.05, 0.1) is 13.0 Å². The summed E-state index contributed by atoms with van der Waals surface area (Å²) in [5, 5.41) is 0. The van der Waals surface area contributed by atoms with E-state index in [-0.39, 0.29) is 30.2 Å². The van der Waals surface area contributed by atoms with Crippen molar-refractivity contribution in [2.45, 2.75) is 95.9 Å². The SMILES string of the molecule is CCCCCCCOCCC(=O)Oc1cc(F)c2c(c1)[C@H]1CCCCC[C@@H](C2)[C@@H]1N. The summed E-state index contributed by atoms with van der Waals surface area (Å²) in [4.78, 5) is 12.2. The largest absolute Gasteiger partial charge is 0.426 e. The van der Waals surface area contributed by atoms with Crippen LogP contribution in [-0.2, 0) is 16.0 Å². The van der Waals surface area contributed by atoms with Crippen molar-refractivity contribution in [1.29, 1.82) is 0 Å². The molecule has 30 heavy (non-hydrogen) atoms. The first-order chi connectivity index (χ1) is 14.6. The van der Waals surface area contributed by atoms with E-state index < -0.39 is 0 Å². The van der Waals surface area contributed by atoms with Crippen LogP contribution in [0.15, 0.2) is 12.1 Å². The molecule has 1 aromatic rings. The molecule has 5 heteroatoms. The fourth-order valence-corrected chi connectivity index (χ4v) is 5.01. The van der Waals surface area contributed by atoms with Crippen molar-refractivity contribution >= 4 is 5.97 Å². The van der Waals surface area contributed by atoms with Gasteiger partial charge in [0.25, 0.3) is 0 Å². The van der Waals surface area contributed by atoms with Gasteiger partial charge in [-0.05, 0) is 54.7 Å². The smallest absolute Gasteiger partial charge is 0.313 e. The highest BCUT2D eigenvalue weighted by Gasteiger charge is 2.36. The Morgan fingerprint density at radius 1 is 1.10 bits per heavy atom. The summed E-state index contributed by atoms with van der Waals surface area (Å²) in [6.07, 6.45) is 12.3. The lowest BCUT2D eigenvalue weighted by Gasteiger charge is -2.39. The third-order valence-electron chi connectivity index (χ3n) is 6.74. The first-order valence-corrected chi connectivity index (χ1v) is 12.0. The van der Waals surface area contributed by atoms with Crippen molar-refractivity contribution in [3.05, 3.63) is 29.1 Å². The van der Waals surface area contributed by atoms with E-state index in [0.29, 0.717) is 31.3 Å². The van der Waals surface area contributed by atoms with Crippen LogP contribution < -0.4 is 10.5 Å². The molecule has 2 bridgehead atoms. The number of halogens is 1. The number of hydrogen-bond donors (Lipinski definition) is 1. The quantitative estimate of drug-likeness (QED) is 0.302. The van der Waals surface area contributed by atoms with E-state index in [1.54, 1.807) is 0 Å². The van der Waals surface area contributed by atoms with E-state index in [9.17, 15) is 9.18 Å². The van der Waals surface area contributed by atoms with Crippen LogP contribution in [-0.4, -0.2) is 25.2 Å². The number of carbonyl (C=O) groups excluding carboxylic acids is 1. The fraction of sp³-hybridized carbons (Fsp3) is 0.720. The van der Waals surface area contributed by atoms with Crippen molar-refractivity contribution < 1.29 is 18.7 Å². The second-order valence-electron chi connectivity index (χ2n) is 9.01. The predicted octanol–water partition coefficient (Wildman–Crippen LogP) is 5.66. The topological polar surface area (TPSA) is 61.5 Å². The summed E-state index contributed by atoms with van der Waals surface area (Å²) in [6.45, 7) is 3.21. The molecule has 0 aliphatic heterocycles. The van der Waals surface area contributed by atoms with E-state index in [4.69, 9.17) is 15.2 Å². The van der Waals surface area contributed by atoms with Gasteiger partial charge in [-0.3, -0.25) is 4.79 Å². The second-order valence-corrected chi connectivity index (χ2v) is 9.01. The number of ether oxygens (including phenoxy) is 2. The van der Waals surface area contributed by atoms with Gasteiger partial charge >= 0.3 is 5.97 Å². The van der Waals surface area contributed by atoms with Crippen molar-refractivity contribution in [3.63, 3.8) is 0 Å². The molecule has 2 N–H and O–H groups in total. The van der Waals surface area contributed by atoms with Gasteiger partial charge in [-0.1, -0.05) is 51.9 Å². The Balaban J connectivity index is 1.52. The molecule has 0 heterocycles. The number of rotatable bonds is 10. The molecule has 1 aromatic carbocycles. The molecule has 0 spiro atoms. The van der Waals surface area contributed by atoms with Gasteiger partial charge in [0.15, 0.2) is 0 Å². The maximum Gasteiger partial charge on any atom is 0.313 e. The first-order valence-electron chi connectivity index (χ1n) is 12.0. The zero-order valence-electron chi connectivity index (χ0n) is 18.5. The molecule has 2 aliphatic carbocycles. The molecule has 3 rings (SSSR count). The maximum atomic E-state index is 14.9. The second kappa shape index (κ2) is 11.8. The molecule has 0 aromatic heterocycles. The fourth-order valence-electron chi connectivity index (χ4n) is 5.01. The Kier molecular flexibility index (Phi) is 9.13. The summed E-state index contributed by atoms with van der Waals surface area (Å²) >= 11 is 0. The van der Waals surface area contributed by atoms with Crippen molar-refractivity contribution in [2.75, 3.05) is 13.2 Å². The molecule has 0 saturated heterocycles. The Bertz CT molecular complexity index is 693. The Morgan fingerprint density at radius 2 is 1.90 bits per heavy atom. The lowest BCUT2D eigenvalue weighted by molar-refractivity contribution is -0.135. The van der Waals surface area contributed by atoms with Gasteiger partial charge < -0.3 is 15.2 Å². The molecule has 0 unspecified atom stereocenters. The minimum atomic E-state index is -0.379. The van der Waals surface area contributed by atoms with Crippen LogP contribution in [0.4, 0.5) is 4.39 Å². The van der Waals surface area contributed by atoms with Crippen LogP contribution in [0.5, 0.6) is 5.75 Å². The van der Waals surface area contributed by atoms with Gasteiger partial charge in [-0.2, -0.15) is 0 Å². The number of esters is 1. The first kappa shape index (κ1) is 23.2. The number of nitrogens with two attached hydrogens (primary N) is 1. The Labute approximate surface area is 180 Å². The van der Waals surface area contributed by atoms with Crippen molar-refractivity contribution in [2.24, 2.45) is 11.7 Å². The minimum Gasteiger partial charge on any atom is -0.426 e. The summed E-state index contributed by atoms with van der Waals surface area (Å²) in [5.41, 5.74) is 8.28. The lowest BCUT2D eigenvalue weighted by atomic mass is 9.68. The maximum absolute atomic E-state index is 14.9. The van der Waals surface area contributed by atoms with Crippen LogP contribution in [0.2, 0.25) is 0 Å². The molecule has 3 atom stereocenters. The summed E-state index contributed by atoms with van der Waals surface area (Å²) in [6, 6.07) is 3.28. The molecule has 1 saturated carbocycles. The molecular formula is C25H38FNO3. The Morgan fingerprint density at radius 3 is 2.73 bits per heavy atom. The van der Waals surface area contributed by atoms with E-state index in [1.807, 2.05) is 6.07 Å². The highest BCUT2D eigenvalue weighted by Crippen LogP contribution is 2.43. The number of fused-ring (bicyclic) bond motifs is 4. The molecule has 2 aliphatic rings. The molecule has 0 amide bonds. The van der Waals surface area contributed by atoms with Crippen LogP contribution in [0.25, 0.3) is 0 Å². The molecule has 4 nitrogen and oxygen atoms in total. The molecular weight excluding hydrogens is 381 g/mol. The van der Waals surface area contributed by atoms with Crippen LogP contribution in [0.3, 0.4) is 0 Å². The minimum absolute atomic E-state index is 0.0638. The third kappa shape index (κ3) is 6.27. The van der Waals surface area contributed by atoms with Gasteiger partial charge in [0.1, 0.15) is 11.6 Å². The number of unbranched alkanes of at least 4 members (excludes halogenated alkanes) is 4. The standard InChI is InChI=1S/C25H38FNO3/c1-2-3-4-5-9-13-29-14-12-24(28)30-19-16-21-20-11-8-6-7-10-18(25(20)27)15-22(21)23(26)17-19/h16-18,20,25H,2-15,27H2,1H3/t18-,20+,25-/m0/s1.